The van der Waals surface area contributed by atoms with Crippen LogP contribution in [0.5, 0.6) is 0 Å². The number of para-hydroxylation sites is 2. The molecule has 3 aromatic rings. The van der Waals surface area contributed by atoms with Gasteiger partial charge in [0.2, 0.25) is 0 Å². The summed E-state index contributed by atoms with van der Waals surface area (Å²) in [5, 5.41) is 17.7. The first-order valence-corrected chi connectivity index (χ1v) is 14.9. The first-order chi connectivity index (χ1) is 19.5. The molecule has 0 radical (unpaired) electrons. The van der Waals surface area contributed by atoms with Crippen molar-refractivity contribution in [1.29, 1.82) is 0 Å². The second-order valence-corrected chi connectivity index (χ2v) is 12.4. The maximum Gasteiger partial charge on any atom is 0.367 e. The second kappa shape index (κ2) is 9.56. The molecule has 3 fully saturated rings. The maximum atomic E-state index is 13.1. The molecular weight excluding hydrogens is 496 g/mol. The van der Waals surface area contributed by atoms with Crippen molar-refractivity contribution < 1.29 is 14.7 Å². The number of carbonyl (C=O) groups excluding carboxylic acids is 1. The van der Waals surface area contributed by atoms with Gasteiger partial charge in [-0.3, -0.25) is 0 Å². The second-order valence-electron chi connectivity index (χ2n) is 12.4. The van der Waals surface area contributed by atoms with Crippen LogP contribution in [-0.4, -0.2) is 27.4 Å². The molecule has 5 heteroatoms. The highest BCUT2D eigenvalue weighted by atomic mass is 16.7. The number of pyridine rings is 1. The molecule has 0 saturated heterocycles. The lowest BCUT2D eigenvalue weighted by atomic mass is 9.49. The molecule has 6 atom stereocenters. The van der Waals surface area contributed by atoms with Gasteiger partial charge in [-0.15, -0.1) is 6.42 Å². The minimum atomic E-state index is -0.948. The topological polar surface area (TPSA) is 71.8 Å². The molecule has 40 heavy (non-hydrogen) atoms. The Labute approximate surface area is 235 Å². The molecule has 1 heterocycles. The fourth-order valence-electron chi connectivity index (χ4n) is 9.16. The number of benzene rings is 2. The summed E-state index contributed by atoms with van der Waals surface area (Å²) in [5.41, 5.74) is 3.14. The van der Waals surface area contributed by atoms with E-state index in [1.807, 2.05) is 36.4 Å². The summed E-state index contributed by atoms with van der Waals surface area (Å²) in [5.74, 6) is 4.69. The minimum Gasteiger partial charge on any atom is -0.377 e. The standard InChI is InChI=1S/C35H36N2O3/c1-3-34-18-16-27-26-15-13-25(21-22(26)12-14-28(27)30(34)17-19-35(34,39)4-2)37-40-33(38)29-10-7-9-24-20-23-8-5-6-11-31(23)36-32(24)29/h2,5-11,20-21,26-28,30,39H,3,12-19H2,1H3. The van der Waals surface area contributed by atoms with Crippen molar-refractivity contribution in [1.82, 2.24) is 4.98 Å². The fraction of sp³-hybridized carbons (Fsp3) is 0.457. The summed E-state index contributed by atoms with van der Waals surface area (Å²) < 4.78 is 0. The van der Waals surface area contributed by atoms with Gasteiger partial charge >= 0.3 is 5.97 Å². The monoisotopic (exact) mass is 532 g/mol. The van der Waals surface area contributed by atoms with Gasteiger partial charge in [-0.25, -0.2) is 9.78 Å². The number of rotatable bonds is 3. The minimum absolute atomic E-state index is 0.123. The van der Waals surface area contributed by atoms with Crippen LogP contribution in [0.4, 0.5) is 0 Å². The van der Waals surface area contributed by atoms with Crippen LogP contribution in [0.25, 0.3) is 21.8 Å². The average molecular weight is 533 g/mol. The SMILES string of the molecule is C#CC1(O)CCC2C3CCC4=CC(=NOC(=O)c5cccc6cc7ccccc7nc56)CCC4C3CCC21CC. The number of fused-ring (bicyclic) bond motifs is 7. The van der Waals surface area contributed by atoms with Gasteiger partial charge in [0.25, 0.3) is 0 Å². The Morgan fingerprint density at radius 2 is 1.93 bits per heavy atom. The lowest BCUT2D eigenvalue weighted by molar-refractivity contribution is -0.0989. The van der Waals surface area contributed by atoms with Gasteiger partial charge in [-0.05, 0) is 106 Å². The molecule has 204 valence electrons. The van der Waals surface area contributed by atoms with E-state index in [1.54, 1.807) is 6.07 Å². The third-order valence-electron chi connectivity index (χ3n) is 11.0. The summed E-state index contributed by atoms with van der Waals surface area (Å²) in [6, 6.07) is 15.5. The van der Waals surface area contributed by atoms with Crippen LogP contribution in [0.2, 0.25) is 0 Å². The molecular formula is C35H36N2O3. The number of aliphatic hydroxyl groups is 1. The molecule has 0 spiro atoms. The Bertz CT molecular complexity index is 1620. The van der Waals surface area contributed by atoms with Crippen LogP contribution in [0, 0.1) is 41.4 Å². The summed E-state index contributed by atoms with van der Waals surface area (Å²) >= 11 is 0. The molecule has 2 aromatic carbocycles. The largest absolute Gasteiger partial charge is 0.377 e. The average Bonchev–Trinajstić information content (AvgIpc) is 3.31. The Hall–Kier alpha value is -3.49. The van der Waals surface area contributed by atoms with Crippen molar-refractivity contribution >= 4 is 33.5 Å². The van der Waals surface area contributed by atoms with Gasteiger partial charge in [-0.2, -0.15) is 0 Å². The van der Waals surface area contributed by atoms with Crippen LogP contribution in [-0.2, 0) is 4.84 Å². The molecule has 4 aliphatic carbocycles. The third-order valence-corrected chi connectivity index (χ3v) is 11.0. The lowest BCUT2D eigenvalue weighted by Crippen LogP contribution is -2.53. The van der Waals surface area contributed by atoms with Crippen LogP contribution < -0.4 is 0 Å². The number of carbonyl (C=O) groups is 1. The number of terminal acetylenes is 1. The van der Waals surface area contributed by atoms with Crippen LogP contribution in [0.15, 0.2) is 65.3 Å². The lowest BCUT2D eigenvalue weighted by Gasteiger charge is -2.56. The highest BCUT2D eigenvalue weighted by molar-refractivity contribution is 6.06. The molecule has 0 bridgehead atoms. The Kier molecular flexibility index (Phi) is 6.09. The van der Waals surface area contributed by atoms with E-state index in [0.29, 0.717) is 34.8 Å². The van der Waals surface area contributed by atoms with Gasteiger partial charge in [-0.1, -0.05) is 53.9 Å². The van der Waals surface area contributed by atoms with Crippen molar-refractivity contribution in [2.24, 2.45) is 34.2 Å². The van der Waals surface area contributed by atoms with Crippen LogP contribution in [0.1, 0.15) is 75.1 Å². The number of allylic oxidation sites excluding steroid dienone is 2. The normalized spacial score (nSPS) is 34.0. The summed E-state index contributed by atoms with van der Waals surface area (Å²) in [7, 11) is 0. The van der Waals surface area contributed by atoms with E-state index in [1.165, 1.54) is 5.57 Å². The van der Waals surface area contributed by atoms with E-state index >= 15 is 0 Å². The zero-order chi connectivity index (χ0) is 27.5. The van der Waals surface area contributed by atoms with E-state index in [4.69, 9.17) is 16.2 Å². The molecule has 7 rings (SSSR count). The smallest absolute Gasteiger partial charge is 0.367 e. The van der Waals surface area contributed by atoms with Crippen LogP contribution >= 0.6 is 0 Å². The molecule has 6 unspecified atom stereocenters. The number of hydrogen-bond donors (Lipinski definition) is 1. The number of nitrogens with zero attached hydrogens (tertiary/aromatic N) is 2. The quantitative estimate of drug-likeness (QED) is 0.167. The van der Waals surface area contributed by atoms with Gasteiger partial charge in [0.05, 0.1) is 22.3 Å². The number of oxime groups is 1. The molecule has 5 nitrogen and oxygen atoms in total. The van der Waals surface area contributed by atoms with Crippen molar-refractivity contribution in [3.63, 3.8) is 0 Å². The zero-order valence-electron chi connectivity index (χ0n) is 23.1. The predicted octanol–water partition coefficient (Wildman–Crippen LogP) is 7.23. The Morgan fingerprint density at radius 3 is 2.77 bits per heavy atom. The Balaban J connectivity index is 1.09. The third kappa shape index (κ3) is 3.76. The maximum absolute atomic E-state index is 13.1. The van der Waals surface area contributed by atoms with Gasteiger partial charge in [0, 0.05) is 16.2 Å². The fourth-order valence-corrected chi connectivity index (χ4v) is 9.16. The Morgan fingerprint density at radius 1 is 1.07 bits per heavy atom. The van der Waals surface area contributed by atoms with E-state index < -0.39 is 11.6 Å². The highest BCUT2D eigenvalue weighted by Crippen LogP contribution is 2.66. The molecule has 4 aliphatic rings. The van der Waals surface area contributed by atoms with E-state index in [0.717, 1.165) is 79.8 Å². The van der Waals surface area contributed by atoms with Gasteiger partial charge in [0.1, 0.15) is 5.60 Å². The molecule has 3 saturated carbocycles. The van der Waals surface area contributed by atoms with Crippen LogP contribution in [0.3, 0.4) is 0 Å². The molecule has 1 aromatic heterocycles. The van der Waals surface area contributed by atoms with Crippen molar-refractivity contribution in [3.8, 4) is 12.3 Å². The number of aromatic nitrogens is 1. The predicted molar refractivity (Wildman–Crippen MR) is 158 cm³/mol. The zero-order valence-corrected chi connectivity index (χ0v) is 23.1. The molecule has 0 amide bonds. The van der Waals surface area contributed by atoms with Crippen molar-refractivity contribution in [2.45, 2.75) is 70.3 Å². The van der Waals surface area contributed by atoms with Gasteiger partial charge < -0.3 is 9.94 Å². The number of hydrogen-bond acceptors (Lipinski definition) is 5. The van der Waals surface area contributed by atoms with Gasteiger partial charge in [0.15, 0.2) is 0 Å². The van der Waals surface area contributed by atoms with E-state index in [2.05, 4.69) is 30.1 Å². The van der Waals surface area contributed by atoms with E-state index in [9.17, 15) is 9.90 Å². The summed E-state index contributed by atoms with van der Waals surface area (Å²) in [4.78, 5) is 23.4. The summed E-state index contributed by atoms with van der Waals surface area (Å²) in [6.07, 6.45) is 17.0. The summed E-state index contributed by atoms with van der Waals surface area (Å²) in [6.45, 7) is 2.22. The first kappa shape index (κ1) is 25.5. The van der Waals surface area contributed by atoms with Crippen molar-refractivity contribution in [2.75, 3.05) is 0 Å². The van der Waals surface area contributed by atoms with E-state index in [-0.39, 0.29) is 5.41 Å². The molecule has 0 aliphatic heterocycles. The molecule has 1 N–H and O–H groups in total. The highest BCUT2D eigenvalue weighted by Gasteiger charge is 2.63. The van der Waals surface area contributed by atoms with Crippen molar-refractivity contribution in [3.05, 3.63) is 65.7 Å². The first-order valence-electron chi connectivity index (χ1n) is 14.9.